The van der Waals surface area contributed by atoms with Crippen molar-refractivity contribution in [3.63, 3.8) is 0 Å². The van der Waals surface area contributed by atoms with Gasteiger partial charge in [-0.05, 0) is 12.1 Å². The molecule has 0 aliphatic rings. The highest BCUT2D eigenvalue weighted by atomic mass is 32.2. The van der Waals surface area contributed by atoms with E-state index < -0.39 is 15.9 Å². The van der Waals surface area contributed by atoms with Gasteiger partial charge in [0.2, 0.25) is 10.0 Å². The van der Waals surface area contributed by atoms with Crippen LogP contribution in [0.2, 0.25) is 0 Å². The molecule has 12 nitrogen and oxygen atoms in total. The van der Waals surface area contributed by atoms with Gasteiger partial charge in [0.15, 0.2) is 11.5 Å². The molecule has 0 saturated heterocycles. The molecule has 5 aromatic heterocycles. The zero-order valence-corrected chi connectivity index (χ0v) is 17.3. The first-order valence-corrected chi connectivity index (χ1v) is 11.1. The lowest BCUT2D eigenvalue weighted by Gasteiger charge is -2.06. The molecule has 0 aliphatic carbocycles. The molecular weight excluding hydrogens is 434 g/mol. The van der Waals surface area contributed by atoms with Gasteiger partial charge in [-0.15, -0.1) is 0 Å². The Labute approximate surface area is 180 Å². The number of nitrogens with two attached hydrogens (primary N) is 1. The van der Waals surface area contributed by atoms with E-state index in [9.17, 15) is 13.2 Å². The number of fused-ring (bicyclic) bond motifs is 2. The van der Waals surface area contributed by atoms with Crippen molar-refractivity contribution in [1.82, 2.24) is 35.1 Å². The lowest BCUT2D eigenvalue weighted by molar-refractivity contribution is 0.100. The SMILES string of the molecule is CS(=O)(=O)Nc1cncc(-c2cnc3n[nH]c(-c4nc5c(C(N)=O)cncc5[nH]4)c3c2)c1. The first kappa shape index (κ1) is 19.6. The predicted molar refractivity (Wildman–Crippen MR) is 117 cm³/mol. The highest BCUT2D eigenvalue weighted by molar-refractivity contribution is 7.92. The largest absolute Gasteiger partial charge is 0.365 e. The number of aromatic nitrogens is 7. The molecule has 0 radical (unpaired) electrons. The first-order chi connectivity index (χ1) is 15.3. The van der Waals surface area contributed by atoms with Gasteiger partial charge in [0.05, 0.1) is 40.8 Å². The van der Waals surface area contributed by atoms with E-state index in [1.54, 1.807) is 24.7 Å². The van der Waals surface area contributed by atoms with Crippen molar-refractivity contribution in [2.24, 2.45) is 5.73 Å². The Morgan fingerprint density at radius 2 is 1.84 bits per heavy atom. The summed E-state index contributed by atoms with van der Waals surface area (Å²) < 4.78 is 25.4. The number of nitrogens with one attached hydrogen (secondary N) is 3. The summed E-state index contributed by atoms with van der Waals surface area (Å²) in [5.74, 6) is -0.197. The van der Waals surface area contributed by atoms with E-state index in [2.05, 4.69) is 39.8 Å². The van der Waals surface area contributed by atoms with Crippen molar-refractivity contribution in [2.45, 2.75) is 0 Å². The van der Waals surface area contributed by atoms with Crippen LogP contribution >= 0.6 is 0 Å². The van der Waals surface area contributed by atoms with Crippen LogP contribution in [0.5, 0.6) is 0 Å². The minimum absolute atomic E-state index is 0.203. The third-order valence-electron chi connectivity index (χ3n) is 4.68. The van der Waals surface area contributed by atoms with E-state index in [0.29, 0.717) is 50.4 Å². The number of carbonyl (C=O) groups excluding carboxylic acids is 1. The second-order valence-corrected chi connectivity index (χ2v) is 8.81. The van der Waals surface area contributed by atoms with Gasteiger partial charge in [-0.3, -0.25) is 24.6 Å². The Morgan fingerprint density at radius 3 is 2.62 bits per heavy atom. The number of sulfonamides is 1. The summed E-state index contributed by atoms with van der Waals surface area (Å²) in [6.45, 7) is 0. The second kappa shape index (κ2) is 7.09. The smallest absolute Gasteiger partial charge is 0.252 e. The highest BCUT2D eigenvalue weighted by Crippen LogP contribution is 2.30. The molecule has 5 rings (SSSR count). The first-order valence-electron chi connectivity index (χ1n) is 9.20. The summed E-state index contributed by atoms with van der Waals surface area (Å²) in [6, 6.07) is 3.49. The number of anilines is 1. The monoisotopic (exact) mass is 449 g/mol. The summed E-state index contributed by atoms with van der Waals surface area (Å²) >= 11 is 0. The molecule has 0 fully saturated rings. The van der Waals surface area contributed by atoms with Gasteiger partial charge in [-0.2, -0.15) is 5.10 Å². The molecule has 0 atom stereocenters. The predicted octanol–water partition coefficient (Wildman–Crippen LogP) is 1.43. The number of hydrogen-bond acceptors (Lipinski definition) is 8. The molecule has 0 saturated carbocycles. The van der Waals surface area contributed by atoms with Crippen molar-refractivity contribution in [3.05, 3.63) is 48.7 Å². The standard InChI is InChI=1S/C19H15N9O3S/c1-32(30,31)28-11-2-9(4-21-6-11)10-3-12-16(26-27-18(12)23-5-10)19-24-14-8-22-7-13(17(20)29)15(14)25-19/h2-8,28H,1H3,(H2,20,29)(H,24,25)(H,23,26,27). The number of hydrogen-bond donors (Lipinski definition) is 4. The molecule has 0 unspecified atom stereocenters. The van der Waals surface area contributed by atoms with Gasteiger partial charge in [-0.1, -0.05) is 0 Å². The molecule has 0 spiro atoms. The molecule has 5 heterocycles. The summed E-state index contributed by atoms with van der Waals surface area (Å²) in [5, 5.41) is 7.79. The Kier molecular flexibility index (Phi) is 4.34. The quantitative estimate of drug-likeness (QED) is 0.310. The van der Waals surface area contributed by atoms with Crippen LogP contribution in [0.1, 0.15) is 10.4 Å². The third kappa shape index (κ3) is 3.50. The number of carbonyl (C=O) groups is 1. The maximum Gasteiger partial charge on any atom is 0.252 e. The van der Waals surface area contributed by atoms with Crippen LogP contribution < -0.4 is 10.5 Å². The van der Waals surface area contributed by atoms with E-state index >= 15 is 0 Å². The summed E-state index contributed by atoms with van der Waals surface area (Å²) in [7, 11) is -3.44. The number of primary amides is 1. The molecule has 1 amide bonds. The molecule has 5 N–H and O–H groups in total. The van der Waals surface area contributed by atoms with E-state index in [4.69, 9.17) is 5.73 Å². The maximum atomic E-state index is 11.7. The number of rotatable bonds is 5. The lowest BCUT2D eigenvalue weighted by atomic mass is 10.1. The molecule has 5 aromatic rings. The molecule has 0 aliphatic heterocycles. The van der Waals surface area contributed by atoms with E-state index in [0.717, 1.165) is 6.26 Å². The van der Waals surface area contributed by atoms with Gasteiger partial charge in [-0.25, -0.2) is 18.4 Å². The number of H-pyrrole nitrogens is 2. The van der Waals surface area contributed by atoms with E-state index in [1.165, 1.54) is 12.4 Å². The maximum absolute atomic E-state index is 11.7. The topological polar surface area (TPSA) is 185 Å². The molecule has 13 heteroatoms. The summed E-state index contributed by atoms with van der Waals surface area (Å²) in [4.78, 5) is 31.8. The number of pyridine rings is 3. The molecule has 0 aromatic carbocycles. The molecular formula is C19H15N9O3S. The van der Waals surface area contributed by atoms with Crippen LogP contribution in [0.3, 0.4) is 0 Å². The van der Waals surface area contributed by atoms with E-state index in [1.807, 2.05) is 6.07 Å². The molecule has 0 bridgehead atoms. The Hall–Kier alpha value is -4.39. The molecule has 160 valence electrons. The number of imidazole rings is 1. The van der Waals surface area contributed by atoms with Crippen LogP contribution in [-0.4, -0.2) is 55.7 Å². The number of nitrogens with zero attached hydrogens (tertiary/aromatic N) is 5. The summed E-state index contributed by atoms with van der Waals surface area (Å²) in [5.41, 5.74) is 9.27. The summed E-state index contributed by atoms with van der Waals surface area (Å²) in [6.07, 6.45) is 8.61. The second-order valence-electron chi connectivity index (χ2n) is 7.06. The minimum Gasteiger partial charge on any atom is -0.365 e. The fourth-order valence-electron chi connectivity index (χ4n) is 3.34. The van der Waals surface area contributed by atoms with Gasteiger partial charge < -0.3 is 10.7 Å². The van der Waals surface area contributed by atoms with Gasteiger partial charge in [0.1, 0.15) is 11.2 Å². The Balaban J connectivity index is 1.61. The Bertz CT molecular complexity index is 1620. The lowest BCUT2D eigenvalue weighted by Crippen LogP contribution is -2.11. The fraction of sp³-hybridized carbons (Fsp3) is 0.0526. The average Bonchev–Trinajstić information content (AvgIpc) is 3.35. The van der Waals surface area contributed by atoms with Gasteiger partial charge in [0.25, 0.3) is 5.91 Å². The highest BCUT2D eigenvalue weighted by Gasteiger charge is 2.17. The fourth-order valence-corrected chi connectivity index (χ4v) is 3.88. The van der Waals surface area contributed by atoms with Crippen LogP contribution in [0, 0.1) is 0 Å². The van der Waals surface area contributed by atoms with Crippen LogP contribution in [0.4, 0.5) is 5.69 Å². The van der Waals surface area contributed by atoms with Crippen molar-refractivity contribution in [1.29, 1.82) is 0 Å². The van der Waals surface area contributed by atoms with E-state index in [-0.39, 0.29) is 5.56 Å². The van der Waals surface area contributed by atoms with Crippen molar-refractivity contribution in [3.8, 4) is 22.6 Å². The zero-order chi connectivity index (χ0) is 22.5. The minimum atomic E-state index is -3.44. The number of amides is 1. The average molecular weight is 449 g/mol. The van der Waals surface area contributed by atoms with Crippen molar-refractivity contribution in [2.75, 3.05) is 11.0 Å². The van der Waals surface area contributed by atoms with Crippen LogP contribution in [0.25, 0.3) is 44.7 Å². The van der Waals surface area contributed by atoms with Crippen molar-refractivity contribution < 1.29 is 13.2 Å². The Morgan fingerprint density at radius 1 is 1.06 bits per heavy atom. The van der Waals surface area contributed by atoms with Crippen LogP contribution in [0.15, 0.2) is 43.1 Å². The van der Waals surface area contributed by atoms with Gasteiger partial charge >= 0.3 is 0 Å². The normalized spacial score (nSPS) is 11.8. The van der Waals surface area contributed by atoms with Crippen molar-refractivity contribution >= 4 is 43.7 Å². The zero-order valence-electron chi connectivity index (χ0n) is 16.5. The third-order valence-corrected chi connectivity index (χ3v) is 5.29. The molecule has 32 heavy (non-hydrogen) atoms. The number of aromatic amines is 2. The van der Waals surface area contributed by atoms with Crippen LogP contribution in [-0.2, 0) is 10.0 Å². The van der Waals surface area contributed by atoms with Gasteiger partial charge in [0, 0.05) is 29.7 Å².